The van der Waals surface area contributed by atoms with E-state index in [-0.39, 0.29) is 42.4 Å². The number of urea groups is 1. The molecular formula is C18H23ClFN3O3. The van der Waals surface area contributed by atoms with E-state index < -0.39 is 5.97 Å². The van der Waals surface area contributed by atoms with Crippen molar-refractivity contribution in [3.05, 3.63) is 34.6 Å². The molecule has 8 heteroatoms. The highest BCUT2D eigenvalue weighted by molar-refractivity contribution is 6.31. The Bertz CT molecular complexity index is 676. The number of carbonyl (C=O) groups is 2. The number of aliphatic carboxylic acids is 1. The summed E-state index contributed by atoms with van der Waals surface area (Å²) in [7, 11) is 0. The van der Waals surface area contributed by atoms with Crippen LogP contribution in [0.5, 0.6) is 0 Å². The van der Waals surface area contributed by atoms with E-state index in [0.29, 0.717) is 23.6 Å². The molecule has 2 aliphatic rings. The Hall–Kier alpha value is -1.86. The molecule has 6 nitrogen and oxygen atoms in total. The first-order chi connectivity index (χ1) is 12.4. The molecule has 3 N–H and O–H groups in total. The summed E-state index contributed by atoms with van der Waals surface area (Å²) in [6, 6.07) is 4.44. The van der Waals surface area contributed by atoms with Crippen molar-refractivity contribution < 1.29 is 19.1 Å². The molecule has 0 spiro atoms. The highest BCUT2D eigenvalue weighted by atomic mass is 35.5. The van der Waals surface area contributed by atoms with E-state index in [4.69, 9.17) is 16.7 Å². The molecule has 1 aromatic rings. The molecule has 0 aromatic heterocycles. The minimum absolute atomic E-state index is 0.0211. The van der Waals surface area contributed by atoms with Crippen LogP contribution in [0, 0.1) is 5.82 Å². The first kappa shape index (κ1) is 18.9. The SMILES string of the molecule is CCN(CC(=O)O)C1CC(NC(=O)N[C@@H]2C[C@H]2c2c(F)cccc2Cl)C1. The number of nitrogens with zero attached hydrogens (tertiary/aromatic N) is 1. The van der Waals surface area contributed by atoms with Gasteiger partial charge in [0, 0.05) is 34.6 Å². The molecule has 0 saturated heterocycles. The monoisotopic (exact) mass is 383 g/mol. The fourth-order valence-electron chi connectivity index (χ4n) is 3.61. The molecule has 1 aromatic carbocycles. The molecule has 2 aliphatic carbocycles. The standard InChI is InChI=1S/C18H23ClFN3O3/c1-2-23(9-16(24)25)11-6-10(7-11)21-18(26)22-15-8-12(15)17-13(19)4-3-5-14(17)20/h3-5,10-12,15H,2,6-9H2,1H3,(H,24,25)(H2,21,22,26)/t10?,11?,12-,15-/m1/s1. The number of likely N-dealkylation sites (N-methyl/N-ethyl adjacent to an activating group) is 1. The average Bonchev–Trinajstić information content (AvgIpc) is 3.26. The van der Waals surface area contributed by atoms with Gasteiger partial charge in [0.1, 0.15) is 5.82 Å². The number of carboxylic acid groups (broad SMARTS) is 1. The maximum absolute atomic E-state index is 13.9. The number of rotatable bonds is 7. The van der Waals surface area contributed by atoms with Gasteiger partial charge in [-0.3, -0.25) is 9.69 Å². The lowest BCUT2D eigenvalue weighted by molar-refractivity contribution is -0.139. The van der Waals surface area contributed by atoms with Crippen molar-refractivity contribution in [3.63, 3.8) is 0 Å². The summed E-state index contributed by atoms with van der Waals surface area (Å²) in [4.78, 5) is 24.8. The van der Waals surface area contributed by atoms with Gasteiger partial charge in [-0.2, -0.15) is 0 Å². The maximum Gasteiger partial charge on any atom is 0.317 e. The lowest BCUT2D eigenvalue weighted by Crippen LogP contribution is -2.56. The molecule has 0 aliphatic heterocycles. The molecule has 0 unspecified atom stereocenters. The molecular weight excluding hydrogens is 361 g/mol. The van der Waals surface area contributed by atoms with Crippen LogP contribution in [0.3, 0.4) is 0 Å². The van der Waals surface area contributed by atoms with Gasteiger partial charge < -0.3 is 15.7 Å². The van der Waals surface area contributed by atoms with Crippen LogP contribution in [0.2, 0.25) is 5.02 Å². The van der Waals surface area contributed by atoms with E-state index in [0.717, 1.165) is 12.8 Å². The number of carbonyl (C=O) groups excluding carboxylic acids is 1. The van der Waals surface area contributed by atoms with E-state index >= 15 is 0 Å². The van der Waals surface area contributed by atoms with Crippen molar-refractivity contribution in [1.29, 1.82) is 0 Å². The first-order valence-corrected chi connectivity index (χ1v) is 9.23. The predicted octanol–water partition coefficient (Wildman–Crippen LogP) is 2.57. The van der Waals surface area contributed by atoms with Gasteiger partial charge in [-0.1, -0.05) is 24.6 Å². The molecule has 3 rings (SSSR count). The molecule has 0 bridgehead atoms. The van der Waals surface area contributed by atoms with Gasteiger partial charge in [-0.05, 0) is 37.9 Å². The number of hydrogen-bond acceptors (Lipinski definition) is 3. The van der Waals surface area contributed by atoms with Crippen LogP contribution in [-0.4, -0.2) is 53.2 Å². The molecule has 26 heavy (non-hydrogen) atoms. The minimum Gasteiger partial charge on any atom is -0.480 e. The quantitative estimate of drug-likeness (QED) is 0.676. The summed E-state index contributed by atoms with van der Waals surface area (Å²) in [6.07, 6.45) is 2.15. The fourth-order valence-corrected chi connectivity index (χ4v) is 3.91. The van der Waals surface area contributed by atoms with Gasteiger partial charge in [-0.15, -0.1) is 0 Å². The summed E-state index contributed by atoms with van der Waals surface area (Å²) in [5.74, 6) is -1.27. The van der Waals surface area contributed by atoms with E-state index in [1.807, 2.05) is 11.8 Å². The van der Waals surface area contributed by atoms with Crippen LogP contribution in [0.15, 0.2) is 18.2 Å². The van der Waals surface area contributed by atoms with Gasteiger partial charge in [0.05, 0.1) is 6.54 Å². The maximum atomic E-state index is 13.9. The normalized spacial score (nSPS) is 26.9. The Morgan fingerprint density at radius 1 is 1.31 bits per heavy atom. The van der Waals surface area contributed by atoms with Crippen LogP contribution in [0.25, 0.3) is 0 Å². The van der Waals surface area contributed by atoms with Gasteiger partial charge in [-0.25, -0.2) is 9.18 Å². The topological polar surface area (TPSA) is 81.7 Å². The van der Waals surface area contributed by atoms with Crippen molar-refractivity contribution in [2.24, 2.45) is 0 Å². The Morgan fingerprint density at radius 2 is 2.04 bits per heavy atom. The molecule has 0 heterocycles. The second-order valence-electron chi connectivity index (χ2n) is 6.98. The summed E-state index contributed by atoms with van der Waals surface area (Å²) in [5.41, 5.74) is 0.468. The zero-order valence-electron chi connectivity index (χ0n) is 14.5. The number of carboxylic acids is 1. The summed E-state index contributed by atoms with van der Waals surface area (Å²) in [6.45, 7) is 2.62. The zero-order chi connectivity index (χ0) is 18.8. The number of benzene rings is 1. The van der Waals surface area contributed by atoms with Crippen molar-refractivity contribution in [2.75, 3.05) is 13.1 Å². The Labute approximate surface area is 156 Å². The lowest BCUT2D eigenvalue weighted by atomic mass is 9.85. The number of nitrogens with one attached hydrogen (secondary N) is 2. The van der Waals surface area contributed by atoms with Crippen LogP contribution in [-0.2, 0) is 4.79 Å². The average molecular weight is 384 g/mol. The van der Waals surface area contributed by atoms with E-state index in [1.54, 1.807) is 12.1 Å². The van der Waals surface area contributed by atoms with Crippen molar-refractivity contribution in [1.82, 2.24) is 15.5 Å². The highest BCUT2D eigenvalue weighted by Crippen LogP contribution is 2.44. The van der Waals surface area contributed by atoms with E-state index in [2.05, 4.69) is 10.6 Å². The summed E-state index contributed by atoms with van der Waals surface area (Å²) >= 11 is 6.06. The van der Waals surface area contributed by atoms with E-state index in [9.17, 15) is 14.0 Å². The second kappa shape index (κ2) is 7.80. The van der Waals surface area contributed by atoms with Crippen molar-refractivity contribution in [3.8, 4) is 0 Å². The summed E-state index contributed by atoms with van der Waals surface area (Å²) in [5, 5.41) is 15.1. The predicted molar refractivity (Wildman–Crippen MR) is 95.9 cm³/mol. The van der Waals surface area contributed by atoms with Crippen LogP contribution >= 0.6 is 11.6 Å². The Balaban J connectivity index is 1.42. The van der Waals surface area contributed by atoms with E-state index in [1.165, 1.54) is 6.07 Å². The van der Waals surface area contributed by atoms with Gasteiger partial charge in [0.15, 0.2) is 0 Å². The van der Waals surface area contributed by atoms with Crippen molar-refractivity contribution in [2.45, 2.75) is 50.2 Å². The van der Waals surface area contributed by atoms with Crippen LogP contribution < -0.4 is 10.6 Å². The molecule has 2 saturated carbocycles. The highest BCUT2D eigenvalue weighted by Gasteiger charge is 2.43. The van der Waals surface area contributed by atoms with Crippen LogP contribution in [0.1, 0.15) is 37.7 Å². The van der Waals surface area contributed by atoms with Gasteiger partial charge >= 0.3 is 12.0 Å². The Morgan fingerprint density at radius 3 is 2.65 bits per heavy atom. The lowest BCUT2D eigenvalue weighted by Gasteiger charge is -2.42. The molecule has 142 valence electrons. The number of amides is 2. The number of halogens is 2. The minimum atomic E-state index is -0.840. The Kier molecular flexibility index (Phi) is 5.67. The fraction of sp³-hybridized carbons (Fsp3) is 0.556. The number of hydrogen-bond donors (Lipinski definition) is 3. The third kappa shape index (κ3) is 4.27. The van der Waals surface area contributed by atoms with Crippen LogP contribution in [0.4, 0.5) is 9.18 Å². The third-order valence-corrected chi connectivity index (χ3v) is 5.52. The molecule has 0 radical (unpaired) electrons. The molecule has 2 atom stereocenters. The van der Waals surface area contributed by atoms with Gasteiger partial charge in [0.2, 0.25) is 0 Å². The largest absolute Gasteiger partial charge is 0.480 e. The second-order valence-corrected chi connectivity index (χ2v) is 7.39. The molecule has 2 amide bonds. The summed E-state index contributed by atoms with van der Waals surface area (Å²) < 4.78 is 13.9. The molecule has 2 fully saturated rings. The first-order valence-electron chi connectivity index (χ1n) is 8.85. The van der Waals surface area contributed by atoms with Gasteiger partial charge in [0.25, 0.3) is 0 Å². The van der Waals surface area contributed by atoms with Crippen molar-refractivity contribution >= 4 is 23.6 Å². The zero-order valence-corrected chi connectivity index (χ0v) is 15.3. The smallest absolute Gasteiger partial charge is 0.317 e. The third-order valence-electron chi connectivity index (χ3n) is 5.19.